The van der Waals surface area contributed by atoms with Crippen molar-refractivity contribution in [2.24, 2.45) is 17.8 Å². The first-order chi connectivity index (χ1) is 16.8. The lowest BCUT2D eigenvalue weighted by Gasteiger charge is -2.32. The summed E-state index contributed by atoms with van der Waals surface area (Å²) in [6, 6.07) is 8.48. The number of piperidine rings is 1. The van der Waals surface area contributed by atoms with Gasteiger partial charge in [0.05, 0.1) is 24.4 Å². The molecule has 3 heterocycles. The van der Waals surface area contributed by atoms with E-state index in [1.54, 1.807) is 0 Å². The normalized spacial score (nSPS) is 25.7. The number of aromatic nitrogens is 2. The molecule has 6 nitrogen and oxygen atoms in total. The summed E-state index contributed by atoms with van der Waals surface area (Å²) in [6.45, 7) is 14.1. The zero-order valence-electron chi connectivity index (χ0n) is 22.0. The lowest BCUT2D eigenvalue weighted by Crippen LogP contribution is -2.41. The van der Waals surface area contributed by atoms with E-state index in [0.717, 1.165) is 55.3 Å². The average molecular weight is 477 g/mol. The molecule has 2 aromatic rings. The van der Waals surface area contributed by atoms with E-state index in [1.165, 1.54) is 30.4 Å². The van der Waals surface area contributed by atoms with Gasteiger partial charge in [-0.05, 0) is 87.7 Å². The van der Waals surface area contributed by atoms with Gasteiger partial charge < -0.3 is 18.9 Å². The van der Waals surface area contributed by atoms with Gasteiger partial charge in [0.2, 0.25) is 5.95 Å². The molecule has 7 heteroatoms. The second-order valence-electron chi connectivity index (χ2n) is 11.6. The predicted octanol–water partition coefficient (Wildman–Crippen LogP) is 4.41. The standard InChI is InChI=1S/C28H40BN3O3/c1-6-20-16-30-26(31-17-20)32-13-11-22(12-14-32)25-15-23(25)19-33-18-21-7-9-24(10-8-21)29-34-27(2,3)28(4,5)35-29/h7-10,16-17,22-23,25H,6,11-15,18-19H2,1-5H3/t23-,25+/m0/s1. The molecule has 35 heavy (non-hydrogen) atoms. The maximum atomic E-state index is 6.16. The van der Waals surface area contributed by atoms with Crippen molar-refractivity contribution in [1.29, 1.82) is 0 Å². The molecule has 1 aromatic heterocycles. The van der Waals surface area contributed by atoms with Crippen LogP contribution in [0.15, 0.2) is 36.7 Å². The minimum atomic E-state index is -0.315. The fourth-order valence-corrected chi connectivity index (χ4v) is 5.34. The largest absolute Gasteiger partial charge is 0.494 e. The third kappa shape index (κ3) is 5.42. The third-order valence-corrected chi connectivity index (χ3v) is 8.61. The third-order valence-electron chi connectivity index (χ3n) is 8.61. The monoisotopic (exact) mass is 477 g/mol. The molecule has 1 saturated carbocycles. The molecular formula is C28H40BN3O3. The van der Waals surface area contributed by atoms with E-state index in [4.69, 9.17) is 14.0 Å². The van der Waals surface area contributed by atoms with Crippen LogP contribution in [0.4, 0.5) is 5.95 Å². The number of rotatable bonds is 8. The van der Waals surface area contributed by atoms with E-state index >= 15 is 0 Å². The maximum absolute atomic E-state index is 6.16. The molecule has 2 aliphatic heterocycles. The van der Waals surface area contributed by atoms with Crippen LogP contribution in [0.3, 0.4) is 0 Å². The average Bonchev–Trinajstić information content (AvgIpc) is 3.59. The van der Waals surface area contributed by atoms with Crippen molar-refractivity contribution in [2.45, 2.75) is 78.1 Å². The summed E-state index contributed by atoms with van der Waals surface area (Å²) in [7, 11) is -0.309. The molecule has 0 radical (unpaired) electrons. The summed E-state index contributed by atoms with van der Waals surface area (Å²) < 4.78 is 18.4. The van der Waals surface area contributed by atoms with Gasteiger partial charge in [0.1, 0.15) is 0 Å². The molecule has 0 N–H and O–H groups in total. The smallest absolute Gasteiger partial charge is 0.399 e. The number of hydrogen-bond donors (Lipinski definition) is 0. The van der Waals surface area contributed by atoms with E-state index < -0.39 is 0 Å². The SMILES string of the molecule is CCc1cnc(N2CCC([C@H]3C[C@H]3COCc3ccc(B4OC(C)(C)C(C)(C)O4)cc3)CC2)nc1. The summed E-state index contributed by atoms with van der Waals surface area (Å²) in [5, 5.41) is 0. The van der Waals surface area contributed by atoms with E-state index in [2.05, 4.69) is 73.8 Å². The van der Waals surface area contributed by atoms with Crippen molar-refractivity contribution in [3.05, 3.63) is 47.8 Å². The number of anilines is 1. The lowest BCUT2D eigenvalue weighted by molar-refractivity contribution is 0.00578. The molecule has 0 spiro atoms. The molecule has 2 saturated heterocycles. The molecule has 0 amide bonds. The number of aryl methyl sites for hydroxylation is 1. The minimum absolute atomic E-state index is 0.309. The Labute approximate surface area is 210 Å². The van der Waals surface area contributed by atoms with Crippen LogP contribution in [-0.2, 0) is 27.1 Å². The van der Waals surface area contributed by atoms with Gasteiger partial charge >= 0.3 is 7.12 Å². The Balaban J connectivity index is 1.02. The van der Waals surface area contributed by atoms with Gasteiger partial charge in [-0.1, -0.05) is 31.2 Å². The topological polar surface area (TPSA) is 56.7 Å². The highest BCUT2D eigenvalue weighted by atomic mass is 16.7. The van der Waals surface area contributed by atoms with Crippen molar-refractivity contribution < 1.29 is 14.0 Å². The van der Waals surface area contributed by atoms with Crippen molar-refractivity contribution in [2.75, 3.05) is 24.6 Å². The quantitative estimate of drug-likeness (QED) is 0.525. The molecule has 3 aliphatic rings. The molecular weight excluding hydrogens is 437 g/mol. The first kappa shape index (κ1) is 24.7. The zero-order valence-corrected chi connectivity index (χ0v) is 22.0. The number of benzene rings is 1. The number of hydrogen-bond acceptors (Lipinski definition) is 6. The van der Waals surface area contributed by atoms with Gasteiger partial charge in [-0.3, -0.25) is 0 Å². The van der Waals surface area contributed by atoms with Gasteiger partial charge in [-0.25, -0.2) is 9.97 Å². The van der Waals surface area contributed by atoms with Crippen molar-refractivity contribution in [3.63, 3.8) is 0 Å². The van der Waals surface area contributed by atoms with Crippen LogP contribution in [-0.4, -0.2) is 48.0 Å². The van der Waals surface area contributed by atoms with Crippen LogP contribution >= 0.6 is 0 Å². The Kier molecular flexibility index (Phi) is 6.95. The second-order valence-corrected chi connectivity index (χ2v) is 11.6. The fraction of sp³-hybridized carbons (Fsp3) is 0.643. The van der Waals surface area contributed by atoms with Gasteiger partial charge in [0, 0.05) is 25.5 Å². The Hall–Kier alpha value is -1.96. The highest BCUT2D eigenvalue weighted by Gasteiger charge is 2.51. The van der Waals surface area contributed by atoms with E-state index in [1.807, 2.05) is 12.4 Å². The highest BCUT2D eigenvalue weighted by Crippen LogP contribution is 2.48. The number of nitrogens with zero attached hydrogens (tertiary/aromatic N) is 3. The Morgan fingerprint density at radius 3 is 2.20 bits per heavy atom. The summed E-state index contributed by atoms with van der Waals surface area (Å²) in [4.78, 5) is 11.5. The van der Waals surface area contributed by atoms with E-state index in [0.29, 0.717) is 6.61 Å². The molecule has 1 aromatic carbocycles. The van der Waals surface area contributed by atoms with Crippen LogP contribution in [0.5, 0.6) is 0 Å². The van der Waals surface area contributed by atoms with Crippen LogP contribution in [0.25, 0.3) is 0 Å². The Morgan fingerprint density at radius 1 is 0.971 bits per heavy atom. The summed E-state index contributed by atoms with van der Waals surface area (Å²) in [5.74, 6) is 3.25. The Morgan fingerprint density at radius 2 is 1.60 bits per heavy atom. The first-order valence-corrected chi connectivity index (χ1v) is 13.3. The molecule has 2 atom stereocenters. The lowest BCUT2D eigenvalue weighted by atomic mass is 9.79. The molecule has 0 bridgehead atoms. The molecule has 0 unspecified atom stereocenters. The van der Waals surface area contributed by atoms with Crippen LogP contribution in [0.1, 0.15) is 65.0 Å². The van der Waals surface area contributed by atoms with Gasteiger partial charge in [0.15, 0.2) is 0 Å². The maximum Gasteiger partial charge on any atom is 0.494 e. The van der Waals surface area contributed by atoms with Gasteiger partial charge in [-0.2, -0.15) is 0 Å². The summed E-state index contributed by atoms with van der Waals surface area (Å²) in [5.41, 5.74) is 2.83. The second kappa shape index (κ2) is 9.83. The van der Waals surface area contributed by atoms with Crippen LogP contribution in [0, 0.1) is 17.8 Å². The van der Waals surface area contributed by atoms with Crippen LogP contribution in [0.2, 0.25) is 0 Å². The van der Waals surface area contributed by atoms with Crippen molar-refractivity contribution in [3.8, 4) is 0 Å². The molecule has 188 valence electrons. The summed E-state index contributed by atoms with van der Waals surface area (Å²) >= 11 is 0. The molecule has 5 rings (SSSR count). The zero-order chi connectivity index (χ0) is 24.6. The van der Waals surface area contributed by atoms with Gasteiger partial charge in [0.25, 0.3) is 0 Å². The summed E-state index contributed by atoms with van der Waals surface area (Å²) in [6.07, 6.45) is 8.70. The highest BCUT2D eigenvalue weighted by molar-refractivity contribution is 6.62. The number of ether oxygens (including phenoxy) is 1. The predicted molar refractivity (Wildman–Crippen MR) is 140 cm³/mol. The van der Waals surface area contributed by atoms with Crippen molar-refractivity contribution in [1.82, 2.24) is 9.97 Å². The van der Waals surface area contributed by atoms with Crippen molar-refractivity contribution >= 4 is 18.5 Å². The van der Waals surface area contributed by atoms with E-state index in [-0.39, 0.29) is 18.3 Å². The van der Waals surface area contributed by atoms with E-state index in [9.17, 15) is 0 Å². The van der Waals surface area contributed by atoms with Gasteiger partial charge in [-0.15, -0.1) is 0 Å². The first-order valence-electron chi connectivity index (χ1n) is 13.3. The molecule has 3 fully saturated rings. The molecule has 1 aliphatic carbocycles. The minimum Gasteiger partial charge on any atom is -0.399 e. The fourth-order valence-electron chi connectivity index (χ4n) is 5.34. The van der Waals surface area contributed by atoms with Crippen LogP contribution < -0.4 is 10.4 Å². The Bertz CT molecular complexity index is 972.